The van der Waals surface area contributed by atoms with E-state index in [1.165, 1.54) is 12.3 Å². The number of nitrogens with two attached hydrogens (primary N) is 2. The fourth-order valence-electron chi connectivity index (χ4n) is 1.53. The van der Waals surface area contributed by atoms with Crippen molar-refractivity contribution in [3.05, 3.63) is 48.3 Å². The van der Waals surface area contributed by atoms with Gasteiger partial charge in [0.2, 0.25) is 0 Å². The van der Waals surface area contributed by atoms with Gasteiger partial charge < -0.3 is 16.2 Å². The number of carbonyl (C=O) groups excluding carboxylic acids is 1. The molecule has 0 bridgehead atoms. The number of amidine groups is 1. The molecule has 0 spiro atoms. The number of halogens is 1. The van der Waals surface area contributed by atoms with Crippen LogP contribution in [0.4, 0.5) is 5.69 Å². The molecule has 0 radical (unpaired) electrons. The van der Waals surface area contributed by atoms with Gasteiger partial charge in [-0.3, -0.25) is 9.78 Å². The van der Waals surface area contributed by atoms with E-state index in [2.05, 4.69) is 9.98 Å². The Bertz CT molecular complexity index is 671. The molecule has 108 valence electrons. The molecule has 0 atom stereocenters. The maximum Gasteiger partial charge on any atom is 0.267 e. The minimum absolute atomic E-state index is 0.142. The largest absolute Gasteiger partial charge is 0.457 e. The fraction of sp³-hybridized carbons (Fsp3) is 0.0714. The Morgan fingerprint density at radius 1 is 1.19 bits per heavy atom. The van der Waals surface area contributed by atoms with E-state index in [0.717, 1.165) is 0 Å². The maximum absolute atomic E-state index is 11.0. The van der Waals surface area contributed by atoms with Gasteiger partial charge in [0.15, 0.2) is 0 Å². The van der Waals surface area contributed by atoms with Gasteiger partial charge in [0.1, 0.15) is 23.0 Å². The number of carbonyl (C=O) groups is 1. The van der Waals surface area contributed by atoms with E-state index in [4.69, 9.17) is 27.8 Å². The smallest absolute Gasteiger partial charge is 0.267 e. The van der Waals surface area contributed by atoms with Crippen molar-refractivity contribution < 1.29 is 9.53 Å². The van der Waals surface area contributed by atoms with Crippen molar-refractivity contribution in [1.29, 1.82) is 0 Å². The van der Waals surface area contributed by atoms with Crippen molar-refractivity contribution in [2.75, 3.05) is 5.88 Å². The molecule has 0 saturated carbocycles. The molecule has 0 fully saturated rings. The van der Waals surface area contributed by atoms with E-state index < -0.39 is 5.91 Å². The fourth-order valence-corrected chi connectivity index (χ4v) is 1.59. The number of amides is 1. The zero-order valence-corrected chi connectivity index (χ0v) is 11.7. The maximum atomic E-state index is 11.0. The molecule has 1 aromatic heterocycles. The number of ether oxygens (including phenoxy) is 1. The van der Waals surface area contributed by atoms with Crippen LogP contribution in [0.5, 0.6) is 11.5 Å². The second-order valence-electron chi connectivity index (χ2n) is 4.07. The molecule has 1 amide bonds. The quantitative estimate of drug-likeness (QED) is 0.502. The molecule has 2 aromatic rings. The van der Waals surface area contributed by atoms with Crippen molar-refractivity contribution >= 4 is 29.0 Å². The number of rotatable bonds is 5. The van der Waals surface area contributed by atoms with Crippen LogP contribution in [0.25, 0.3) is 0 Å². The van der Waals surface area contributed by atoms with Crippen LogP contribution < -0.4 is 16.2 Å². The van der Waals surface area contributed by atoms with E-state index in [1.807, 2.05) is 0 Å². The lowest BCUT2D eigenvalue weighted by atomic mass is 10.3. The van der Waals surface area contributed by atoms with E-state index in [-0.39, 0.29) is 11.6 Å². The molecule has 1 aromatic carbocycles. The lowest BCUT2D eigenvalue weighted by Gasteiger charge is -2.06. The minimum atomic E-state index is -0.610. The van der Waals surface area contributed by atoms with Crippen molar-refractivity contribution in [2.24, 2.45) is 16.5 Å². The summed E-state index contributed by atoms with van der Waals surface area (Å²) in [5.41, 5.74) is 11.5. The van der Waals surface area contributed by atoms with Gasteiger partial charge in [-0.15, -0.1) is 11.6 Å². The van der Waals surface area contributed by atoms with Crippen molar-refractivity contribution in [1.82, 2.24) is 4.98 Å². The Labute approximate surface area is 126 Å². The number of alkyl halides is 1. The van der Waals surface area contributed by atoms with Crippen LogP contribution in [0.15, 0.2) is 47.6 Å². The number of benzene rings is 1. The van der Waals surface area contributed by atoms with E-state index in [0.29, 0.717) is 23.0 Å². The van der Waals surface area contributed by atoms with Crippen LogP contribution in [-0.2, 0) is 0 Å². The summed E-state index contributed by atoms with van der Waals surface area (Å²) in [6.07, 6.45) is 1.45. The monoisotopic (exact) mass is 304 g/mol. The number of aromatic nitrogens is 1. The highest BCUT2D eigenvalue weighted by atomic mass is 35.5. The van der Waals surface area contributed by atoms with Crippen LogP contribution in [0.3, 0.4) is 0 Å². The highest BCUT2D eigenvalue weighted by molar-refractivity contribution is 6.28. The summed E-state index contributed by atoms with van der Waals surface area (Å²) in [6.45, 7) is 0. The summed E-state index contributed by atoms with van der Waals surface area (Å²) < 4.78 is 5.60. The highest BCUT2D eigenvalue weighted by Gasteiger charge is 2.04. The molecule has 4 N–H and O–H groups in total. The molecule has 6 nitrogen and oxygen atoms in total. The number of hydrogen-bond acceptors (Lipinski definition) is 4. The first-order chi connectivity index (χ1) is 10.1. The molecule has 0 aliphatic carbocycles. The average molecular weight is 305 g/mol. The number of primary amides is 1. The normalized spacial score (nSPS) is 11.2. The molecular formula is C14H13ClN4O2. The topological polar surface area (TPSA) is 104 Å². The average Bonchev–Trinajstić information content (AvgIpc) is 2.49. The molecule has 0 aliphatic rings. The Hall–Kier alpha value is -2.60. The van der Waals surface area contributed by atoms with Crippen LogP contribution >= 0.6 is 11.6 Å². The SMILES string of the molecule is NC(=O)c1cc(Oc2ccc(N=C(N)CCl)cc2)ccn1. The summed E-state index contributed by atoms with van der Waals surface area (Å²) in [5.74, 6) is 0.952. The summed E-state index contributed by atoms with van der Waals surface area (Å²) in [5, 5.41) is 0. The van der Waals surface area contributed by atoms with Crippen molar-refractivity contribution in [2.45, 2.75) is 0 Å². The van der Waals surface area contributed by atoms with Gasteiger partial charge in [0, 0.05) is 12.3 Å². The van der Waals surface area contributed by atoms with E-state index in [9.17, 15) is 4.79 Å². The van der Waals surface area contributed by atoms with Gasteiger partial charge in [0.25, 0.3) is 5.91 Å². The molecule has 0 saturated heterocycles. The Morgan fingerprint density at radius 2 is 1.90 bits per heavy atom. The number of hydrogen-bond donors (Lipinski definition) is 2. The molecule has 0 aliphatic heterocycles. The molecule has 1 heterocycles. The summed E-state index contributed by atoms with van der Waals surface area (Å²) >= 11 is 5.56. The Kier molecular flexibility index (Phi) is 4.73. The number of nitrogens with zero attached hydrogens (tertiary/aromatic N) is 2. The third-order valence-electron chi connectivity index (χ3n) is 2.47. The van der Waals surface area contributed by atoms with Crippen LogP contribution in [0.1, 0.15) is 10.5 Å². The summed E-state index contributed by atoms with van der Waals surface area (Å²) in [7, 11) is 0. The summed E-state index contributed by atoms with van der Waals surface area (Å²) in [6, 6.07) is 10.0. The molecular weight excluding hydrogens is 292 g/mol. The van der Waals surface area contributed by atoms with Gasteiger partial charge in [-0.25, -0.2) is 4.99 Å². The first-order valence-corrected chi connectivity index (χ1v) is 6.54. The predicted molar refractivity (Wildman–Crippen MR) is 81.3 cm³/mol. The Morgan fingerprint density at radius 3 is 2.52 bits per heavy atom. The van der Waals surface area contributed by atoms with Gasteiger partial charge >= 0.3 is 0 Å². The van der Waals surface area contributed by atoms with Gasteiger partial charge in [-0.05, 0) is 30.3 Å². The van der Waals surface area contributed by atoms with E-state index in [1.54, 1.807) is 30.3 Å². The van der Waals surface area contributed by atoms with Crippen LogP contribution in [0, 0.1) is 0 Å². The van der Waals surface area contributed by atoms with Crippen molar-refractivity contribution in [3.63, 3.8) is 0 Å². The van der Waals surface area contributed by atoms with Crippen LogP contribution in [0.2, 0.25) is 0 Å². The van der Waals surface area contributed by atoms with Crippen LogP contribution in [-0.4, -0.2) is 22.6 Å². The zero-order valence-electron chi connectivity index (χ0n) is 11.0. The molecule has 0 unspecified atom stereocenters. The van der Waals surface area contributed by atoms with Gasteiger partial charge in [-0.2, -0.15) is 0 Å². The third-order valence-corrected chi connectivity index (χ3v) is 2.74. The summed E-state index contributed by atoms with van der Waals surface area (Å²) in [4.78, 5) is 19.0. The van der Waals surface area contributed by atoms with Gasteiger partial charge in [-0.1, -0.05) is 0 Å². The number of aliphatic imine (C=N–C) groups is 1. The lowest BCUT2D eigenvalue weighted by molar-refractivity contribution is 0.0995. The Balaban J connectivity index is 2.13. The first kappa shape index (κ1) is 14.8. The van der Waals surface area contributed by atoms with Gasteiger partial charge in [0.05, 0.1) is 11.6 Å². The number of pyridine rings is 1. The second kappa shape index (κ2) is 6.71. The molecule has 21 heavy (non-hydrogen) atoms. The molecule has 7 heteroatoms. The highest BCUT2D eigenvalue weighted by Crippen LogP contribution is 2.24. The lowest BCUT2D eigenvalue weighted by Crippen LogP contribution is -2.12. The third kappa shape index (κ3) is 4.19. The predicted octanol–water partition coefficient (Wildman–Crippen LogP) is 2.20. The molecule has 2 rings (SSSR count). The van der Waals surface area contributed by atoms with Crippen molar-refractivity contribution in [3.8, 4) is 11.5 Å². The van der Waals surface area contributed by atoms with E-state index >= 15 is 0 Å². The second-order valence-corrected chi connectivity index (χ2v) is 4.34. The standard InChI is InChI=1S/C14H13ClN4O2/c15-8-13(16)19-9-1-3-10(4-2-9)21-11-5-6-18-12(7-11)14(17)20/h1-7H,8H2,(H2,16,19)(H2,17,20). The first-order valence-electron chi connectivity index (χ1n) is 6.01. The zero-order chi connectivity index (χ0) is 15.2. The minimum Gasteiger partial charge on any atom is -0.457 e.